The van der Waals surface area contributed by atoms with Crippen LogP contribution in [-0.2, 0) is 6.54 Å². The van der Waals surface area contributed by atoms with Crippen molar-refractivity contribution in [2.24, 2.45) is 0 Å². The van der Waals surface area contributed by atoms with Crippen molar-refractivity contribution in [2.45, 2.75) is 13.5 Å². The fraction of sp³-hybridized carbons (Fsp3) is 0.389. The average molecular weight is 360 g/mol. The minimum atomic E-state index is -0.0422. The van der Waals surface area contributed by atoms with Crippen LogP contribution in [0.2, 0.25) is 5.02 Å². The third-order valence-corrected chi connectivity index (χ3v) is 4.63. The number of carbonyl (C=O) groups is 1. The number of piperazine rings is 1. The Kier molecular flexibility index (Phi) is 5.50. The van der Waals surface area contributed by atoms with E-state index in [0.717, 1.165) is 31.7 Å². The summed E-state index contributed by atoms with van der Waals surface area (Å²) in [4.78, 5) is 25.5. The number of amides is 1. The predicted octanol–water partition coefficient (Wildman–Crippen LogP) is 2.44. The molecule has 2 aromatic rings. The molecule has 1 aromatic heterocycles. The van der Waals surface area contributed by atoms with Gasteiger partial charge in [0.25, 0.3) is 5.91 Å². The van der Waals surface area contributed by atoms with Gasteiger partial charge in [-0.05, 0) is 25.6 Å². The smallest absolute Gasteiger partial charge is 0.272 e. The third kappa shape index (κ3) is 4.46. The Morgan fingerprint density at radius 3 is 2.64 bits per heavy atom. The zero-order valence-corrected chi connectivity index (χ0v) is 15.3. The van der Waals surface area contributed by atoms with Gasteiger partial charge in [-0.1, -0.05) is 29.8 Å². The zero-order valence-electron chi connectivity index (χ0n) is 14.5. The molecule has 2 heterocycles. The minimum absolute atomic E-state index is 0.0422. The number of anilines is 1. The van der Waals surface area contributed by atoms with Crippen molar-refractivity contribution in [2.75, 3.05) is 38.5 Å². The number of aromatic nitrogens is 2. The second-order valence-electron chi connectivity index (χ2n) is 6.23. The first-order chi connectivity index (χ1) is 12.0. The lowest BCUT2D eigenvalue weighted by molar-refractivity contribution is 0.0658. The van der Waals surface area contributed by atoms with Gasteiger partial charge in [-0.3, -0.25) is 4.79 Å². The summed E-state index contributed by atoms with van der Waals surface area (Å²) in [7, 11) is 2.06. The highest BCUT2D eigenvalue weighted by molar-refractivity contribution is 6.31. The largest absolute Gasteiger partial charge is 0.366 e. The van der Waals surface area contributed by atoms with Crippen LogP contribution in [0.25, 0.3) is 0 Å². The van der Waals surface area contributed by atoms with Gasteiger partial charge in [0.15, 0.2) is 0 Å². The summed E-state index contributed by atoms with van der Waals surface area (Å²) in [6, 6.07) is 9.36. The number of halogens is 1. The fourth-order valence-corrected chi connectivity index (χ4v) is 2.97. The Morgan fingerprint density at radius 2 is 1.92 bits per heavy atom. The number of carbonyl (C=O) groups excluding carboxylic acids is 1. The molecule has 7 heteroatoms. The first-order valence-electron chi connectivity index (χ1n) is 8.34. The van der Waals surface area contributed by atoms with Gasteiger partial charge in [-0.2, -0.15) is 0 Å². The Bertz CT molecular complexity index is 759. The highest BCUT2D eigenvalue weighted by atomic mass is 35.5. The van der Waals surface area contributed by atoms with Crippen LogP contribution in [0.1, 0.15) is 21.9 Å². The molecule has 0 atom stereocenters. The molecule has 0 aliphatic carbocycles. The highest BCUT2D eigenvalue weighted by Gasteiger charge is 2.22. The first kappa shape index (κ1) is 17.6. The predicted molar refractivity (Wildman–Crippen MR) is 98.9 cm³/mol. The molecular weight excluding hydrogens is 338 g/mol. The molecular formula is C18H22ClN5O. The molecule has 1 amide bonds. The van der Waals surface area contributed by atoms with Crippen molar-refractivity contribution in [3.8, 4) is 0 Å². The molecule has 1 saturated heterocycles. The van der Waals surface area contributed by atoms with Gasteiger partial charge in [-0.25, -0.2) is 9.97 Å². The summed E-state index contributed by atoms with van der Waals surface area (Å²) in [5.41, 5.74) is 1.41. The molecule has 1 fully saturated rings. The van der Waals surface area contributed by atoms with Crippen molar-refractivity contribution in [1.29, 1.82) is 0 Å². The molecule has 0 radical (unpaired) electrons. The maximum atomic E-state index is 12.7. The van der Waals surface area contributed by atoms with Gasteiger partial charge in [0, 0.05) is 43.8 Å². The molecule has 0 unspecified atom stereocenters. The standard InChI is InChI=1S/C18H22ClN5O/c1-13-21-16(18(25)24-9-7-23(2)8-10-24)11-17(22-13)20-12-14-5-3-4-6-15(14)19/h3-6,11H,7-10,12H2,1-2H3,(H,20,21,22). The van der Waals surface area contributed by atoms with Crippen LogP contribution in [0.4, 0.5) is 5.82 Å². The first-order valence-corrected chi connectivity index (χ1v) is 8.71. The van der Waals surface area contributed by atoms with Crippen LogP contribution in [-0.4, -0.2) is 58.9 Å². The van der Waals surface area contributed by atoms with E-state index in [0.29, 0.717) is 28.9 Å². The number of nitrogens with one attached hydrogen (secondary N) is 1. The maximum Gasteiger partial charge on any atom is 0.272 e. The number of hydrogen-bond acceptors (Lipinski definition) is 5. The number of benzene rings is 1. The average Bonchev–Trinajstić information content (AvgIpc) is 2.60. The molecule has 1 N–H and O–H groups in total. The van der Waals surface area contributed by atoms with Crippen molar-refractivity contribution in [1.82, 2.24) is 19.8 Å². The van der Waals surface area contributed by atoms with E-state index in [1.165, 1.54) is 0 Å². The Balaban J connectivity index is 1.72. The van der Waals surface area contributed by atoms with Crippen molar-refractivity contribution in [3.63, 3.8) is 0 Å². The Morgan fingerprint density at radius 1 is 1.20 bits per heavy atom. The number of nitrogens with zero attached hydrogens (tertiary/aromatic N) is 4. The molecule has 1 aliphatic rings. The normalized spacial score (nSPS) is 15.2. The van der Waals surface area contributed by atoms with E-state index < -0.39 is 0 Å². The SMILES string of the molecule is Cc1nc(NCc2ccccc2Cl)cc(C(=O)N2CCN(C)CC2)n1. The minimum Gasteiger partial charge on any atom is -0.366 e. The highest BCUT2D eigenvalue weighted by Crippen LogP contribution is 2.17. The molecule has 132 valence electrons. The van der Waals surface area contributed by atoms with Gasteiger partial charge in [-0.15, -0.1) is 0 Å². The molecule has 6 nitrogen and oxygen atoms in total. The molecule has 1 aromatic carbocycles. The van der Waals surface area contributed by atoms with Crippen molar-refractivity contribution >= 4 is 23.3 Å². The Labute approximate surface area is 152 Å². The van der Waals surface area contributed by atoms with Gasteiger partial charge in [0.1, 0.15) is 17.3 Å². The number of hydrogen-bond donors (Lipinski definition) is 1. The zero-order chi connectivity index (χ0) is 17.8. The molecule has 3 rings (SSSR count). The second-order valence-corrected chi connectivity index (χ2v) is 6.63. The maximum absolute atomic E-state index is 12.7. The summed E-state index contributed by atoms with van der Waals surface area (Å²) < 4.78 is 0. The van der Waals surface area contributed by atoms with Gasteiger partial charge < -0.3 is 15.1 Å². The van der Waals surface area contributed by atoms with Gasteiger partial charge in [0.05, 0.1) is 0 Å². The van der Waals surface area contributed by atoms with Crippen LogP contribution < -0.4 is 5.32 Å². The molecule has 1 aliphatic heterocycles. The molecule has 0 spiro atoms. The number of likely N-dealkylation sites (N-methyl/N-ethyl adjacent to an activating group) is 1. The van der Waals surface area contributed by atoms with E-state index in [1.54, 1.807) is 13.0 Å². The lowest BCUT2D eigenvalue weighted by atomic mass is 10.2. The van der Waals surface area contributed by atoms with E-state index in [1.807, 2.05) is 29.2 Å². The topological polar surface area (TPSA) is 61.4 Å². The van der Waals surface area contributed by atoms with E-state index in [4.69, 9.17) is 11.6 Å². The quantitative estimate of drug-likeness (QED) is 0.908. The third-order valence-electron chi connectivity index (χ3n) is 4.27. The number of rotatable bonds is 4. The Hall–Kier alpha value is -2.18. The number of aryl methyl sites for hydroxylation is 1. The van der Waals surface area contributed by atoms with Crippen LogP contribution >= 0.6 is 11.6 Å². The van der Waals surface area contributed by atoms with E-state index in [-0.39, 0.29) is 5.91 Å². The van der Waals surface area contributed by atoms with E-state index in [2.05, 4.69) is 27.2 Å². The van der Waals surface area contributed by atoms with Crippen LogP contribution in [0.15, 0.2) is 30.3 Å². The monoisotopic (exact) mass is 359 g/mol. The van der Waals surface area contributed by atoms with Crippen molar-refractivity contribution in [3.05, 3.63) is 52.4 Å². The molecule has 0 bridgehead atoms. The lowest BCUT2D eigenvalue weighted by Crippen LogP contribution is -2.47. The fourth-order valence-electron chi connectivity index (χ4n) is 2.77. The van der Waals surface area contributed by atoms with E-state index >= 15 is 0 Å². The summed E-state index contributed by atoms with van der Waals surface area (Å²) in [5, 5.41) is 3.94. The van der Waals surface area contributed by atoms with Crippen LogP contribution in [0.5, 0.6) is 0 Å². The summed E-state index contributed by atoms with van der Waals surface area (Å²) in [5.74, 6) is 1.16. The lowest BCUT2D eigenvalue weighted by Gasteiger charge is -2.32. The second kappa shape index (κ2) is 7.80. The summed E-state index contributed by atoms with van der Waals surface area (Å²) >= 11 is 6.18. The summed E-state index contributed by atoms with van der Waals surface area (Å²) in [6.45, 7) is 5.54. The van der Waals surface area contributed by atoms with Crippen molar-refractivity contribution < 1.29 is 4.79 Å². The van der Waals surface area contributed by atoms with Gasteiger partial charge >= 0.3 is 0 Å². The molecule has 25 heavy (non-hydrogen) atoms. The van der Waals surface area contributed by atoms with Gasteiger partial charge in [0.2, 0.25) is 0 Å². The van der Waals surface area contributed by atoms with Crippen LogP contribution in [0.3, 0.4) is 0 Å². The summed E-state index contributed by atoms with van der Waals surface area (Å²) in [6.07, 6.45) is 0. The van der Waals surface area contributed by atoms with E-state index in [9.17, 15) is 4.79 Å². The van der Waals surface area contributed by atoms with Crippen LogP contribution in [0, 0.1) is 6.92 Å². The molecule has 0 saturated carbocycles.